The van der Waals surface area contributed by atoms with Gasteiger partial charge in [0.2, 0.25) is 11.9 Å². The number of carbonyl (C=O) groups is 2. The van der Waals surface area contributed by atoms with Crippen molar-refractivity contribution in [1.29, 1.82) is 0 Å². The van der Waals surface area contributed by atoms with Crippen LogP contribution in [0, 0.1) is 18.3 Å². The molecule has 2 N–H and O–H groups in total. The summed E-state index contributed by atoms with van der Waals surface area (Å²) in [5, 5.41) is 2.33. The molecule has 0 aliphatic carbocycles. The SMILES string of the molecule is Cc1ccc(-c2cc(N3CCN(C(=O)CC(C)(C)CC(=O)C(C)C)CC3)nc(N)n2)c2ccccc12. The lowest BCUT2D eigenvalue weighted by Gasteiger charge is -2.37. The smallest absolute Gasteiger partial charge is 0.223 e. The van der Waals surface area contributed by atoms with Crippen molar-refractivity contribution in [3.63, 3.8) is 0 Å². The molecule has 1 aromatic heterocycles. The van der Waals surface area contributed by atoms with E-state index in [2.05, 4.69) is 46.1 Å². The molecule has 0 unspecified atom stereocenters. The van der Waals surface area contributed by atoms with Gasteiger partial charge in [-0.15, -0.1) is 0 Å². The molecule has 0 atom stereocenters. The second kappa shape index (κ2) is 10.2. The van der Waals surface area contributed by atoms with Crippen molar-refractivity contribution in [3.05, 3.63) is 48.0 Å². The summed E-state index contributed by atoms with van der Waals surface area (Å²) in [4.78, 5) is 38.3. The highest BCUT2D eigenvalue weighted by Crippen LogP contribution is 2.32. The van der Waals surface area contributed by atoms with Gasteiger partial charge in [-0.25, -0.2) is 4.98 Å². The monoisotopic (exact) mass is 487 g/mol. The predicted molar refractivity (Wildman–Crippen MR) is 146 cm³/mol. The van der Waals surface area contributed by atoms with Crippen molar-refractivity contribution >= 4 is 34.2 Å². The van der Waals surface area contributed by atoms with E-state index in [9.17, 15) is 9.59 Å². The second-order valence-electron chi connectivity index (χ2n) is 11.0. The number of hydrogen-bond acceptors (Lipinski definition) is 6. The molecular formula is C29H37N5O2. The minimum absolute atomic E-state index is 0.00832. The molecule has 36 heavy (non-hydrogen) atoms. The zero-order valence-electron chi connectivity index (χ0n) is 22.0. The summed E-state index contributed by atoms with van der Waals surface area (Å²) >= 11 is 0. The van der Waals surface area contributed by atoms with Crippen molar-refractivity contribution in [2.45, 2.75) is 47.5 Å². The van der Waals surface area contributed by atoms with Crippen LogP contribution >= 0.6 is 0 Å². The van der Waals surface area contributed by atoms with E-state index < -0.39 is 0 Å². The number of nitrogens with two attached hydrogens (primary N) is 1. The number of carbonyl (C=O) groups excluding carboxylic acids is 2. The van der Waals surface area contributed by atoms with E-state index in [1.165, 1.54) is 10.9 Å². The number of aryl methyl sites for hydroxylation is 1. The Kier molecular flexibility index (Phi) is 7.29. The van der Waals surface area contributed by atoms with Crippen LogP contribution in [0.2, 0.25) is 0 Å². The van der Waals surface area contributed by atoms with Crippen molar-refractivity contribution in [1.82, 2.24) is 14.9 Å². The van der Waals surface area contributed by atoms with Crippen molar-refractivity contribution < 1.29 is 9.59 Å². The first-order chi connectivity index (χ1) is 17.0. The van der Waals surface area contributed by atoms with Gasteiger partial charge in [-0.05, 0) is 28.7 Å². The number of anilines is 2. The molecule has 3 aromatic rings. The minimum Gasteiger partial charge on any atom is -0.368 e. The fraction of sp³-hybridized carbons (Fsp3) is 0.448. The quantitative estimate of drug-likeness (QED) is 0.511. The van der Waals surface area contributed by atoms with E-state index in [-0.39, 0.29) is 29.0 Å². The number of rotatable bonds is 7. The molecular weight excluding hydrogens is 450 g/mol. The molecule has 0 radical (unpaired) electrons. The second-order valence-corrected chi connectivity index (χ2v) is 11.0. The molecule has 190 valence electrons. The first kappa shape index (κ1) is 25.6. The predicted octanol–water partition coefficient (Wildman–Crippen LogP) is 4.87. The summed E-state index contributed by atoms with van der Waals surface area (Å²) in [6, 6.07) is 14.5. The molecule has 1 aliphatic rings. The first-order valence-corrected chi connectivity index (χ1v) is 12.7. The van der Waals surface area contributed by atoms with Crippen LogP contribution in [0.25, 0.3) is 22.0 Å². The third kappa shape index (κ3) is 5.66. The van der Waals surface area contributed by atoms with Crippen LogP contribution in [0.5, 0.6) is 0 Å². The van der Waals surface area contributed by atoms with E-state index >= 15 is 0 Å². The summed E-state index contributed by atoms with van der Waals surface area (Å²) in [6.07, 6.45) is 0.795. The summed E-state index contributed by atoms with van der Waals surface area (Å²) in [6.45, 7) is 12.5. The lowest BCUT2D eigenvalue weighted by molar-refractivity contribution is -0.134. The normalized spacial score (nSPS) is 14.5. The number of ketones is 1. The standard InChI is InChI=1S/C29H37N5O2/c1-19(2)25(35)17-29(4,5)18-27(36)34-14-12-33(13-15-34)26-16-24(31-28(30)32-26)23-11-10-20(3)21-8-6-7-9-22(21)23/h6-11,16,19H,12-15,17-18H2,1-5H3,(H2,30,31,32). The van der Waals surface area contributed by atoms with Crippen LogP contribution in [0.4, 0.5) is 11.8 Å². The van der Waals surface area contributed by atoms with Crippen molar-refractivity contribution in [2.75, 3.05) is 36.8 Å². The number of nitrogens with zero attached hydrogens (tertiary/aromatic N) is 4. The number of hydrogen-bond donors (Lipinski definition) is 1. The topological polar surface area (TPSA) is 92.4 Å². The Labute approximate surface area is 213 Å². The van der Waals surface area contributed by atoms with Gasteiger partial charge in [-0.1, -0.05) is 64.1 Å². The van der Waals surface area contributed by atoms with Gasteiger partial charge < -0.3 is 15.5 Å². The molecule has 7 nitrogen and oxygen atoms in total. The summed E-state index contributed by atoms with van der Waals surface area (Å²) in [5.41, 5.74) is 8.84. The van der Waals surface area contributed by atoms with E-state index in [4.69, 9.17) is 5.73 Å². The molecule has 1 aliphatic heterocycles. The Hall–Kier alpha value is -3.48. The third-order valence-electron chi connectivity index (χ3n) is 7.03. The zero-order chi connectivity index (χ0) is 26.0. The Morgan fingerprint density at radius 3 is 2.31 bits per heavy atom. The van der Waals surface area contributed by atoms with Gasteiger partial charge in [-0.2, -0.15) is 4.98 Å². The largest absolute Gasteiger partial charge is 0.368 e. The number of nitrogen functional groups attached to an aromatic ring is 1. The lowest BCUT2D eigenvalue weighted by atomic mass is 9.81. The molecule has 2 aromatic carbocycles. The number of benzene rings is 2. The number of fused-ring (bicyclic) bond motifs is 1. The van der Waals surface area contributed by atoms with Gasteiger partial charge in [0, 0.05) is 56.6 Å². The first-order valence-electron chi connectivity index (χ1n) is 12.7. The molecule has 1 saturated heterocycles. The van der Waals surface area contributed by atoms with Gasteiger partial charge in [0.15, 0.2) is 0 Å². The Morgan fingerprint density at radius 2 is 1.64 bits per heavy atom. The van der Waals surface area contributed by atoms with E-state index in [1.54, 1.807) is 0 Å². The maximum atomic E-state index is 13.0. The number of amides is 1. The maximum absolute atomic E-state index is 13.0. The van der Waals surface area contributed by atoms with Gasteiger partial charge in [0.1, 0.15) is 11.6 Å². The molecule has 0 bridgehead atoms. The van der Waals surface area contributed by atoms with Gasteiger partial charge in [-0.3, -0.25) is 9.59 Å². The van der Waals surface area contributed by atoms with Crippen molar-refractivity contribution in [2.24, 2.45) is 11.3 Å². The molecule has 4 rings (SSSR count). The maximum Gasteiger partial charge on any atom is 0.223 e. The van der Waals surface area contributed by atoms with Crippen LogP contribution in [0.3, 0.4) is 0 Å². The molecule has 0 spiro atoms. The van der Waals surface area contributed by atoms with Crippen molar-refractivity contribution in [3.8, 4) is 11.3 Å². The zero-order valence-corrected chi connectivity index (χ0v) is 22.0. The Bertz CT molecular complexity index is 1280. The molecule has 0 saturated carbocycles. The molecule has 1 amide bonds. The fourth-order valence-corrected chi connectivity index (χ4v) is 4.87. The van der Waals surface area contributed by atoms with Crippen LogP contribution in [0.15, 0.2) is 42.5 Å². The van der Waals surface area contributed by atoms with Crippen LogP contribution in [-0.2, 0) is 9.59 Å². The third-order valence-corrected chi connectivity index (χ3v) is 7.03. The van der Waals surface area contributed by atoms with Crippen LogP contribution in [0.1, 0.15) is 46.1 Å². The minimum atomic E-state index is -0.345. The average molecular weight is 488 g/mol. The van der Waals surface area contributed by atoms with E-state index in [1.807, 2.05) is 50.8 Å². The highest BCUT2D eigenvalue weighted by Gasteiger charge is 2.30. The van der Waals surface area contributed by atoms with Gasteiger partial charge in [0.25, 0.3) is 0 Å². The number of piperazine rings is 1. The molecule has 2 heterocycles. The highest BCUT2D eigenvalue weighted by atomic mass is 16.2. The van der Waals surface area contributed by atoms with E-state index in [0.29, 0.717) is 39.0 Å². The Morgan fingerprint density at radius 1 is 0.972 bits per heavy atom. The summed E-state index contributed by atoms with van der Waals surface area (Å²) in [7, 11) is 0. The fourth-order valence-electron chi connectivity index (χ4n) is 4.87. The lowest BCUT2D eigenvalue weighted by Crippen LogP contribution is -2.49. The van der Waals surface area contributed by atoms with Crippen LogP contribution in [-0.4, -0.2) is 52.7 Å². The number of Topliss-reactive ketones (excluding diaryl/α,β-unsaturated/α-hetero) is 1. The number of aromatic nitrogens is 2. The highest BCUT2D eigenvalue weighted by molar-refractivity contribution is 5.98. The average Bonchev–Trinajstić information content (AvgIpc) is 2.83. The summed E-state index contributed by atoms with van der Waals surface area (Å²) < 4.78 is 0. The molecule has 7 heteroatoms. The van der Waals surface area contributed by atoms with Gasteiger partial charge in [0.05, 0.1) is 5.69 Å². The van der Waals surface area contributed by atoms with E-state index in [0.717, 1.165) is 22.5 Å². The Balaban J connectivity index is 1.47. The summed E-state index contributed by atoms with van der Waals surface area (Å²) in [5.74, 6) is 1.31. The molecule has 1 fully saturated rings. The van der Waals surface area contributed by atoms with Crippen LogP contribution < -0.4 is 10.6 Å². The van der Waals surface area contributed by atoms with Gasteiger partial charge >= 0.3 is 0 Å².